The lowest BCUT2D eigenvalue weighted by atomic mass is 9.33. The molecule has 0 aromatic heterocycles. The Hall–Kier alpha value is -2.18. The van der Waals surface area contributed by atoms with Gasteiger partial charge in [-0.3, -0.25) is 4.79 Å². The third kappa shape index (κ3) is 4.70. The van der Waals surface area contributed by atoms with Gasteiger partial charge in [0.2, 0.25) is 0 Å². The number of allylic oxidation sites excluding steroid dienone is 2. The first-order valence-corrected chi connectivity index (χ1v) is 17.5. The van der Waals surface area contributed by atoms with Crippen molar-refractivity contribution in [3.63, 3.8) is 0 Å². The Morgan fingerprint density at radius 3 is 2.27 bits per heavy atom. The number of hydrogen-bond acceptors (Lipinski definition) is 6. The molecule has 6 heteroatoms. The van der Waals surface area contributed by atoms with Crippen LogP contribution in [0, 0.1) is 51.2 Å². The number of fused-ring (bicyclic) bond motifs is 7. The van der Waals surface area contributed by atoms with E-state index < -0.39 is 5.60 Å². The molecular formula is C39H57NO5. The standard InChI is InChI=1S/C39H57NO5/c1-24(41)45-23-38(7,43)29-16-20-39(40)22-21-36(5)28(32(29)39)13-14-31-35(4)18-15-27(25-9-11-26(12-10-25)33(42)44-8)34(2,3)30(35)17-19-37(31,36)6/h9-12,15,28-32,43H,13-14,16-23,40H2,1-8H3. The molecule has 0 bridgehead atoms. The molecule has 0 radical (unpaired) electrons. The Morgan fingerprint density at radius 2 is 1.62 bits per heavy atom. The molecule has 0 aliphatic heterocycles. The van der Waals surface area contributed by atoms with Gasteiger partial charge in [-0.2, -0.15) is 0 Å². The minimum absolute atomic E-state index is 0.00377. The Bertz CT molecular complexity index is 1380. The maximum absolute atomic E-state index is 12.1. The van der Waals surface area contributed by atoms with Gasteiger partial charge in [-0.15, -0.1) is 0 Å². The van der Waals surface area contributed by atoms with Crippen molar-refractivity contribution in [1.29, 1.82) is 0 Å². The molecule has 1 aromatic rings. The van der Waals surface area contributed by atoms with Crippen LogP contribution in [-0.2, 0) is 14.3 Å². The summed E-state index contributed by atoms with van der Waals surface area (Å²) < 4.78 is 10.3. The maximum Gasteiger partial charge on any atom is 0.337 e. The van der Waals surface area contributed by atoms with Gasteiger partial charge in [0.15, 0.2) is 0 Å². The fraction of sp³-hybridized carbons (Fsp3) is 0.744. The molecule has 0 heterocycles. The third-order valence-corrected chi connectivity index (χ3v) is 15.1. The summed E-state index contributed by atoms with van der Waals surface area (Å²) >= 11 is 0. The van der Waals surface area contributed by atoms with Crippen molar-refractivity contribution in [2.75, 3.05) is 13.7 Å². The Balaban J connectivity index is 1.32. The lowest BCUT2D eigenvalue weighted by Crippen LogP contribution is -2.68. The zero-order valence-corrected chi connectivity index (χ0v) is 29.0. The number of carbonyl (C=O) groups excluding carboxylic acids is 2. The molecule has 0 amide bonds. The van der Waals surface area contributed by atoms with Crippen LogP contribution in [-0.4, -0.2) is 41.9 Å². The fourth-order valence-electron chi connectivity index (χ4n) is 12.7. The second-order valence-corrected chi connectivity index (χ2v) is 17.3. The predicted molar refractivity (Wildman–Crippen MR) is 177 cm³/mol. The molecule has 10 atom stereocenters. The van der Waals surface area contributed by atoms with Crippen LogP contribution in [0.3, 0.4) is 0 Å². The number of rotatable bonds is 5. The van der Waals surface area contributed by atoms with Crippen LogP contribution in [0.1, 0.15) is 122 Å². The summed E-state index contributed by atoms with van der Waals surface area (Å²) in [6.45, 7) is 16.0. The van der Waals surface area contributed by atoms with Crippen molar-refractivity contribution in [2.45, 2.75) is 117 Å². The van der Waals surface area contributed by atoms with Gasteiger partial charge >= 0.3 is 11.9 Å². The molecule has 6 rings (SSSR count). The summed E-state index contributed by atoms with van der Waals surface area (Å²) in [4.78, 5) is 23.8. The second-order valence-electron chi connectivity index (χ2n) is 17.3. The number of methoxy groups -OCH3 is 1. The molecule has 5 aliphatic carbocycles. The van der Waals surface area contributed by atoms with Gasteiger partial charge in [0.1, 0.15) is 6.61 Å². The second kappa shape index (κ2) is 10.7. The van der Waals surface area contributed by atoms with Gasteiger partial charge in [0.25, 0.3) is 0 Å². The summed E-state index contributed by atoms with van der Waals surface area (Å²) in [6, 6.07) is 7.98. The predicted octanol–water partition coefficient (Wildman–Crippen LogP) is 7.57. The Morgan fingerprint density at radius 1 is 0.933 bits per heavy atom. The van der Waals surface area contributed by atoms with Crippen molar-refractivity contribution in [1.82, 2.24) is 0 Å². The molecule has 45 heavy (non-hydrogen) atoms. The van der Waals surface area contributed by atoms with Crippen LogP contribution >= 0.6 is 0 Å². The van der Waals surface area contributed by atoms with Crippen molar-refractivity contribution in [2.24, 2.45) is 57.0 Å². The zero-order chi connectivity index (χ0) is 32.8. The van der Waals surface area contributed by atoms with Crippen LogP contribution in [0.4, 0.5) is 0 Å². The number of esters is 2. The van der Waals surface area contributed by atoms with E-state index in [1.165, 1.54) is 44.4 Å². The number of hydrogen-bond donors (Lipinski definition) is 2. The van der Waals surface area contributed by atoms with Gasteiger partial charge in [0, 0.05) is 12.5 Å². The summed E-state index contributed by atoms with van der Waals surface area (Å²) in [5.74, 6) is 1.23. The van der Waals surface area contributed by atoms with Crippen LogP contribution in [0.25, 0.3) is 5.57 Å². The van der Waals surface area contributed by atoms with Gasteiger partial charge in [-0.1, -0.05) is 52.8 Å². The molecule has 4 saturated carbocycles. The number of benzene rings is 1. The first-order chi connectivity index (χ1) is 20.9. The average molecular weight is 620 g/mol. The van der Waals surface area contributed by atoms with Gasteiger partial charge in [-0.25, -0.2) is 4.79 Å². The Kier molecular flexibility index (Phi) is 7.76. The van der Waals surface area contributed by atoms with Crippen LogP contribution in [0.5, 0.6) is 0 Å². The number of ether oxygens (including phenoxy) is 2. The lowest BCUT2D eigenvalue weighted by Gasteiger charge is -2.72. The van der Waals surface area contributed by atoms with E-state index in [2.05, 4.69) is 52.8 Å². The van der Waals surface area contributed by atoms with E-state index in [0.717, 1.165) is 38.5 Å². The van der Waals surface area contributed by atoms with E-state index in [4.69, 9.17) is 15.2 Å². The molecule has 4 fully saturated rings. The van der Waals surface area contributed by atoms with Crippen LogP contribution < -0.4 is 5.73 Å². The summed E-state index contributed by atoms with van der Waals surface area (Å²) in [5, 5.41) is 11.8. The normalized spacial score (nSPS) is 43.0. The highest BCUT2D eigenvalue weighted by molar-refractivity contribution is 5.89. The molecule has 0 spiro atoms. The van der Waals surface area contributed by atoms with E-state index in [1.807, 2.05) is 19.1 Å². The third-order valence-electron chi connectivity index (χ3n) is 15.1. The largest absolute Gasteiger partial charge is 0.465 e. The zero-order valence-electron chi connectivity index (χ0n) is 29.0. The molecule has 248 valence electrons. The minimum Gasteiger partial charge on any atom is -0.465 e. The van der Waals surface area contributed by atoms with Gasteiger partial charge < -0.3 is 20.3 Å². The SMILES string of the molecule is COC(=O)c1ccc(C2=CCC3(C)C(CCC4(C)C3CCC3C5C(C(C)(O)COC(C)=O)CCC5(N)CCC34C)C2(C)C)cc1. The number of carbonyl (C=O) groups is 2. The van der Waals surface area contributed by atoms with Crippen molar-refractivity contribution < 1.29 is 24.2 Å². The average Bonchev–Trinajstić information content (AvgIpc) is 3.34. The van der Waals surface area contributed by atoms with Crippen LogP contribution in [0.15, 0.2) is 30.3 Å². The number of nitrogens with two attached hydrogens (primary N) is 1. The summed E-state index contributed by atoms with van der Waals surface area (Å²) in [5.41, 5.74) is 9.67. The summed E-state index contributed by atoms with van der Waals surface area (Å²) in [7, 11) is 1.43. The molecule has 10 unspecified atom stereocenters. The first-order valence-electron chi connectivity index (χ1n) is 17.5. The number of aliphatic hydroxyl groups is 1. The highest BCUT2D eigenvalue weighted by atomic mass is 16.5. The molecule has 1 aromatic carbocycles. The first kappa shape index (κ1) is 32.7. The van der Waals surface area contributed by atoms with Gasteiger partial charge in [0.05, 0.1) is 18.3 Å². The van der Waals surface area contributed by atoms with E-state index in [9.17, 15) is 14.7 Å². The van der Waals surface area contributed by atoms with Crippen LogP contribution in [0.2, 0.25) is 0 Å². The smallest absolute Gasteiger partial charge is 0.337 e. The van der Waals surface area contributed by atoms with E-state index in [0.29, 0.717) is 23.3 Å². The van der Waals surface area contributed by atoms with Crippen molar-refractivity contribution >= 4 is 17.5 Å². The topological polar surface area (TPSA) is 98.9 Å². The monoisotopic (exact) mass is 619 g/mol. The quantitative estimate of drug-likeness (QED) is 0.330. The van der Waals surface area contributed by atoms with E-state index in [1.54, 1.807) is 0 Å². The van der Waals surface area contributed by atoms with E-state index in [-0.39, 0.29) is 57.6 Å². The Labute approximate surface area is 270 Å². The highest BCUT2D eigenvalue weighted by Crippen LogP contribution is 2.76. The summed E-state index contributed by atoms with van der Waals surface area (Å²) in [6.07, 6.45) is 12.3. The molecule has 5 aliphatic rings. The highest BCUT2D eigenvalue weighted by Gasteiger charge is 2.70. The fourth-order valence-corrected chi connectivity index (χ4v) is 12.7. The minimum atomic E-state index is -1.08. The maximum atomic E-state index is 12.1. The van der Waals surface area contributed by atoms with E-state index >= 15 is 0 Å². The van der Waals surface area contributed by atoms with Crippen molar-refractivity contribution in [3.8, 4) is 0 Å². The van der Waals surface area contributed by atoms with Gasteiger partial charge in [-0.05, 0) is 139 Å². The molecule has 6 nitrogen and oxygen atoms in total. The molecule has 0 saturated heterocycles. The lowest BCUT2D eigenvalue weighted by molar-refractivity contribution is -0.225. The molecule has 3 N–H and O–H groups in total. The van der Waals surface area contributed by atoms with Crippen molar-refractivity contribution in [3.05, 3.63) is 41.5 Å². The molecular weight excluding hydrogens is 562 g/mol.